The van der Waals surface area contributed by atoms with Gasteiger partial charge in [0.25, 0.3) is 0 Å². The van der Waals surface area contributed by atoms with Crippen molar-refractivity contribution in [3.63, 3.8) is 0 Å². The number of nitrogens with zero attached hydrogens (tertiary/aromatic N) is 5. The van der Waals surface area contributed by atoms with Crippen LogP contribution < -0.4 is 5.32 Å². The number of rotatable bonds is 3. The molecule has 1 N–H and O–H groups in total. The molecule has 3 rings (SSSR count). The molecule has 0 radical (unpaired) electrons. The number of likely N-dealkylation sites (tertiary alicyclic amines) is 1. The maximum Gasteiger partial charge on any atom is 0.194 e. The van der Waals surface area contributed by atoms with Crippen molar-refractivity contribution in [1.82, 2.24) is 25.0 Å². The van der Waals surface area contributed by atoms with Crippen LogP contribution >= 0.6 is 24.0 Å². The average molecular weight is 460 g/mol. The minimum atomic E-state index is 0. The smallest absolute Gasteiger partial charge is 0.194 e. The second kappa shape index (κ2) is 7.80. The summed E-state index contributed by atoms with van der Waals surface area (Å²) in [5.41, 5.74) is 0.408. The van der Waals surface area contributed by atoms with E-state index >= 15 is 0 Å². The third kappa shape index (κ3) is 3.80. The SMILES string of the molecule is CCNC(=NCc1nnc2n1CCCCC2)N1CC(C)(C)C1(C)C.I. The molecule has 0 spiro atoms. The van der Waals surface area contributed by atoms with Crippen LogP contribution in [0, 0.1) is 5.41 Å². The van der Waals surface area contributed by atoms with Crippen LogP contribution in [0.1, 0.15) is 65.5 Å². The van der Waals surface area contributed by atoms with Crippen molar-refractivity contribution >= 4 is 29.9 Å². The Bertz CT molecular complexity index is 619. The highest BCUT2D eigenvalue weighted by molar-refractivity contribution is 14.0. The largest absolute Gasteiger partial charge is 0.356 e. The van der Waals surface area contributed by atoms with Crippen molar-refractivity contribution in [2.45, 2.75) is 78.9 Å². The fraction of sp³-hybridized carbons (Fsp3) is 0.833. The second-order valence-corrected chi connectivity index (χ2v) is 8.19. The highest BCUT2D eigenvalue weighted by Gasteiger charge is 2.53. The Morgan fingerprint density at radius 3 is 2.56 bits per heavy atom. The lowest BCUT2D eigenvalue weighted by Crippen LogP contribution is -2.72. The summed E-state index contributed by atoms with van der Waals surface area (Å²) in [5, 5.41) is 12.2. The van der Waals surface area contributed by atoms with Crippen molar-refractivity contribution in [3.8, 4) is 0 Å². The lowest BCUT2D eigenvalue weighted by Gasteiger charge is -2.62. The Balaban J connectivity index is 0.00000225. The van der Waals surface area contributed by atoms with Crippen molar-refractivity contribution < 1.29 is 0 Å². The van der Waals surface area contributed by atoms with Gasteiger partial charge in [0.05, 0.1) is 0 Å². The molecule has 3 heterocycles. The highest BCUT2D eigenvalue weighted by Crippen LogP contribution is 2.46. The van der Waals surface area contributed by atoms with E-state index in [0.717, 1.165) is 43.7 Å². The zero-order valence-electron chi connectivity index (χ0n) is 16.3. The summed E-state index contributed by atoms with van der Waals surface area (Å²) in [4.78, 5) is 7.27. The molecule has 0 amide bonds. The Kier molecular flexibility index (Phi) is 6.38. The van der Waals surface area contributed by atoms with Gasteiger partial charge in [-0.1, -0.05) is 20.3 Å². The predicted molar refractivity (Wildman–Crippen MR) is 112 cm³/mol. The van der Waals surface area contributed by atoms with Gasteiger partial charge in [0.15, 0.2) is 11.8 Å². The molecular formula is C18H33IN6. The van der Waals surface area contributed by atoms with E-state index in [1.165, 1.54) is 19.3 Å². The zero-order chi connectivity index (χ0) is 17.4. The number of halogens is 1. The van der Waals surface area contributed by atoms with E-state index in [4.69, 9.17) is 4.99 Å². The number of aliphatic imine (C=N–C) groups is 1. The van der Waals surface area contributed by atoms with E-state index < -0.39 is 0 Å². The normalized spacial score (nSPS) is 21.6. The molecule has 142 valence electrons. The molecule has 6 nitrogen and oxygen atoms in total. The first-order chi connectivity index (χ1) is 11.4. The van der Waals surface area contributed by atoms with E-state index in [1.54, 1.807) is 0 Å². The molecule has 7 heteroatoms. The van der Waals surface area contributed by atoms with Gasteiger partial charge in [-0.3, -0.25) is 0 Å². The number of hydrogen-bond acceptors (Lipinski definition) is 3. The van der Waals surface area contributed by atoms with Gasteiger partial charge < -0.3 is 14.8 Å². The fourth-order valence-corrected chi connectivity index (χ4v) is 3.60. The Hall–Kier alpha value is -0.860. The Morgan fingerprint density at radius 1 is 1.16 bits per heavy atom. The van der Waals surface area contributed by atoms with E-state index in [0.29, 0.717) is 12.0 Å². The number of fused-ring (bicyclic) bond motifs is 1. The molecule has 0 saturated carbocycles. The Labute approximate surface area is 168 Å². The molecule has 1 fully saturated rings. The maximum atomic E-state index is 4.89. The van der Waals surface area contributed by atoms with Gasteiger partial charge in [0.1, 0.15) is 12.4 Å². The number of aryl methyl sites for hydroxylation is 1. The van der Waals surface area contributed by atoms with Crippen LogP contribution in [0.2, 0.25) is 0 Å². The van der Waals surface area contributed by atoms with Crippen LogP contribution in [-0.4, -0.2) is 44.3 Å². The third-order valence-electron chi connectivity index (χ3n) is 6.03. The van der Waals surface area contributed by atoms with Crippen molar-refractivity contribution in [1.29, 1.82) is 0 Å². The van der Waals surface area contributed by atoms with Crippen molar-refractivity contribution in [3.05, 3.63) is 11.6 Å². The van der Waals surface area contributed by atoms with E-state index in [-0.39, 0.29) is 29.5 Å². The van der Waals surface area contributed by atoms with E-state index in [9.17, 15) is 0 Å². The van der Waals surface area contributed by atoms with Crippen LogP contribution in [0.5, 0.6) is 0 Å². The third-order valence-corrected chi connectivity index (χ3v) is 6.03. The zero-order valence-corrected chi connectivity index (χ0v) is 18.6. The minimum Gasteiger partial charge on any atom is -0.356 e. The molecule has 0 bridgehead atoms. The lowest BCUT2D eigenvalue weighted by atomic mass is 9.65. The quantitative estimate of drug-likeness (QED) is 0.428. The van der Waals surface area contributed by atoms with E-state index in [2.05, 4.69) is 59.6 Å². The van der Waals surface area contributed by atoms with Gasteiger partial charge in [-0.15, -0.1) is 34.2 Å². The summed E-state index contributed by atoms with van der Waals surface area (Å²) in [6.45, 7) is 14.9. The van der Waals surface area contributed by atoms with Crippen molar-refractivity contribution in [2.24, 2.45) is 10.4 Å². The summed E-state index contributed by atoms with van der Waals surface area (Å²) in [6, 6.07) is 0. The molecule has 1 aromatic heterocycles. The van der Waals surface area contributed by atoms with Gasteiger partial charge in [-0.2, -0.15) is 0 Å². The van der Waals surface area contributed by atoms with Gasteiger partial charge in [0.2, 0.25) is 0 Å². The fourth-order valence-electron chi connectivity index (χ4n) is 3.60. The topological polar surface area (TPSA) is 58.3 Å². The molecule has 0 aromatic carbocycles. The lowest BCUT2D eigenvalue weighted by molar-refractivity contribution is -0.0668. The second-order valence-electron chi connectivity index (χ2n) is 8.19. The summed E-state index contributed by atoms with van der Waals surface area (Å²) in [5.74, 6) is 3.13. The molecule has 0 unspecified atom stereocenters. The first-order valence-corrected chi connectivity index (χ1v) is 9.34. The number of nitrogens with one attached hydrogen (secondary N) is 1. The molecule has 2 aliphatic rings. The molecule has 2 aliphatic heterocycles. The van der Waals surface area contributed by atoms with Crippen LogP contribution in [-0.2, 0) is 19.5 Å². The number of aromatic nitrogens is 3. The first kappa shape index (κ1) is 20.5. The summed E-state index contributed by atoms with van der Waals surface area (Å²) < 4.78 is 2.28. The van der Waals surface area contributed by atoms with Crippen LogP contribution in [0.15, 0.2) is 4.99 Å². The molecule has 1 aromatic rings. The average Bonchev–Trinajstić information content (AvgIpc) is 2.76. The molecule has 1 saturated heterocycles. The standard InChI is InChI=1S/C18H32N6.HI/c1-6-19-16(24-13-17(2,3)18(24,4)5)20-12-15-22-21-14-10-8-7-9-11-23(14)15;/h6-13H2,1-5H3,(H,19,20);1H. The molecule has 25 heavy (non-hydrogen) atoms. The maximum absolute atomic E-state index is 4.89. The molecule has 0 atom stereocenters. The number of guanidine groups is 1. The highest BCUT2D eigenvalue weighted by atomic mass is 127. The summed E-state index contributed by atoms with van der Waals surface area (Å²) in [6.07, 6.45) is 4.77. The van der Waals surface area contributed by atoms with Crippen LogP contribution in [0.3, 0.4) is 0 Å². The monoisotopic (exact) mass is 460 g/mol. The first-order valence-electron chi connectivity index (χ1n) is 9.34. The summed E-state index contributed by atoms with van der Waals surface area (Å²) >= 11 is 0. The minimum absolute atomic E-state index is 0. The van der Waals surface area contributed by atoms with Crippen molar-refractivity contribution in [2.75, 3.05) is 13.1 Å². The number of hydrogen-bond donors (Lipinski definition) is 1. The molecule has 0 aliphatic carbocycles. The summed E-state index contributed by atoms with van der Waals surface area (Å²) in [7, 11) is 0. The van der Waals surface area contributed by atoms with Gasteiger partial charge >= 0.3 is 0 Å². The van der Waals surface area contributed by atoms with Gasteiger partial charge in [0, 0.05) is 37.0 Å². The van der Waals surface area contributed by atoms with Crippen LogP contribution in [0.25, 0.3) is 0 Å². The van der Waals surface area contributed by atoms with Gasteiger partial charge in [-0.25, -0.2) is 4.99 Å². The van der Waals surface area contributed by atoms with Gasteiger partial charge in [-0.05, 0) is 33.6 Å². The van der Waals surface area contributed by atoms with Crippen LogP contribution in [0.4, 0.5) is 0 Å². The van der Waals surface area contributed by atoms with E-state index in [1.807, 2.05) is 0 Å². The molecular weight excluding hydrogens is 427 g/mol. The predicted octanol–water partition coefficient (Wildman–Crippen LogP) is 3.21. The Morgan fingerprint density at radius 2 is 1.92 bits per heavy atom.